The molecular formula is C20H19F3N2O4. The van der Waals surface area contributed by atoms with Gasteiger partial charge in [-0.25, -0.2) is 4.79 Å². The predicted octanol–water partition coefficient (Wildman–Crippen LogP) is 5.07. The van der Waals surface area contributed by atoms with Crippen molar-refractivity contribution in [2.45, 2.75) is 25.4 Å². The summed E-state index contributed by atoms with van der Waals surface area (Å²) in [5, 5.41) is 10.6. The molecular weight excluding hydrogens is 389 g/mol. The van der Waals surface area contributed by atoms with Crippen LogP contribution < -0.4 is 4.74 Å². The molecule has 0 N–H and O–H groups in total. The third kappa shape index (κ3) is 5.46. The van der Waals surface area contributed by atoms with Crippen molar-refractivity contribution < 1.29 is 27.6 Å². The van der Waals surface area contributed by atoms with E-state index >= 15 is 0 Å². The standard InChI is InChI=1S/C20H19F3N2O4/c21-20(22,23)16-3-1-14(2-4-16)13-15-9-11-24(12-10-15)19(26)29-18-7-5-17(6-8-18)25(27)28/h1-8,15H,9-13H2. The summed E-state index contributed by atoms with van der Waals surface area (Å²) in [6.07, 6.45) is -2.77. The van der Waals surface area contributed by atoms with Gasteiger partial charge in [-0.05, 0) is 55.0 Å². The van der Waals surface area contributed by atoms with Crippen LogP contribution in [0.4, 0.5) is 23.7 Å². The van der Waals surface area contributed by atoms with E-state index < -0.39 is 22.8 Å². The Bertz CT molecular complexity index is 859. The summed E-state index contributed by atoms with van der Waals surface area (Å²) in [5.74, 6) is 0.502. The molecule has 0 spiro atoms. The minimum Gasteiger partial charge on any atom is -0.410 e. The first kappa shape index (κ1) is 20.6. The number of hydrogen-bond acceptors (Lipinski definition) is 4. The van der Waals surface area contributed by atoms with Gasteiger partial charge in [-0.2, -0.15) is 13.2 Å². The van der Waals surface area contributed by atoms with E-state index in [4.69, 9.17) is 4.74 Å². The fourth-order valence-electron chi connectivity index (χ4n) is 3.28. The first-order valence-electron chi connectivity index (χ1n) is 9.10. The van der Waals surface area contributed by atoms with E-state index in [1.807, 2.05) is 0 Å². The summed E-state index contributed by atoms with van der Waals surface area (Å²) in [4.78, 5) is 23.9. The Balaban J connectivity index is 1.48. The number of likely N-dealkylation sites (tertiary alicyclic amines) is 1. The Hall–Kier alpha value is -3.10. The monoisotopic (exact) mass is 408 g/mol. The molecule has 0 bridgehead atoms. The van der Waals surface area contributed by atoms with Gasteiger partial charge >= 0.3 is 12.3 Å². The van der Waals surface area contributed by atoms with Gasteiger partial charge in [0.1, 0.15) is 5.75 Å². The van der Waals surface area contributed by atoms with Gasteiger partial charge in [-0.15, -0.1) is 0 Å². The Morgan fingerprint density at radius 1 is 1.07 bits per heavy atom. The van der Waals surface area contributed by atoms with E-state index in [0.29, 0.717) is 19.5 Å². The van der Waals surface area contributed by atoms with Crippen molar-refractivity contribution in [2.24, 2.45) is 5.92 Å². The Labute approximate surface area is 165 Å². The number of non-ortho nitro benzene ring substituents is 1. The number of alkyl halides is 3. The highest BCUT2D eigenvalue weighted by molar-refractivity contribution is 5.70. The van der Waals surface area contributed by atoms with Crippen molar-refractivity contribution in [3.05, 3.63) is 69.8 Å². The van der Waals surface area contributed by atoms with Crippen LogP contribution in [0.15, 0.2) is 48.5 Å². The minimum atomic E-state index is -4.34. The lowest BCUT2D eigenvalue weighted by molar-refractivity contribution is -0.384. The van der Waals surface area contributed by atoms with Crippen molar-refractivity contribution in [2.75, 3.05) is 13.1 Å². The molecule has 1 amide bonds. The summed E-state index contributed by atoms with van der Waals surface area (Å²) in [6.45, 7) is 0.967. The van der Waals surface area contributed by atoms with E-state index in [1.165, 1.54) is 36.4 Å². The molecule has 0 saturated carbocycles. The zero-order valence-corrected chi connectivity index (χ0v) is 15.4. The number of carbonyl (C=O) groups is 1. The van der Waals surface area contributed by atoms with E-state index in [2.05, 4.69) is 0 Å². The maximum absolute atomic E-state index is 12.6. The van der Waals surface area contributed by atoms with Crippen LogP contribution in [0.25, 0.3) is 0 Å². The van der Waals surface area contributed by atoms with Crippen molar-refractivity contribution in [1.29, 1.82) is 0 Å². The smallest absolute Gasteiger partial charge is 0.410 e. The number of nitro groups is 1. The number of nitro benzene ring substituents is 1. The van der Waals surface area contributed by atoms with E-state index in [0.717, 1.165) is 30.5 Å². The second-order valence-electron chi connectivity index (χ2n) is 6.95. The molecule has 6 nitrogen and oxygen atoms in total. The topological polar surface area (TPSA) is 72.7 Å². The Kier molecular flexibility index (Phi) is 6.05. The lowest BCUT2D eigenvalue weighted by atomic mass is 9.90. The van der Waals surface area contributed by atoms with Gasteiger partial charge in [0.05, 0.1) is 10.5 Å². The SMILES string of the molecule is O=C(Oc1ccc([N+](=O)[O-])cc1)N1CCC(Cc2ccc(C(F)(F)F)cc2)CC1. The molecule has 154 valence electrons. The molecule has 2 aromatic rings. The number of amides is 1. The average Bonchev–Trinajstić information content (AvgIpc) is 2.68. The van der Waals surface area contributed by atoms with Crippen LogP contribution in [-0.2, 0) is 12.6 Å². The highest BCUT2D eigenvalue weighted by Crippen LogP contribution is 2.30. The molecule has 1 aliphatic rings. The molecule has 9 heteroatoms. The Morgan fingerprint density at radius 2 is 1.66 bits per heavy atom. The highest BCUT2D eigenvalue weighted by atomic mass is 19.4. The molecule has 0 atom stereocenters. The predicted molar refractivity (Wildman–Crippen MR) is 98.6 cm³/mol. The van der Waals surface area contributed by atoms with Crippen LogP contribution in [-0.4, -0.2) is 29.0 Å². The molecule has 1 heterocycles. The molecule has 2 aromatic carbocycles. The second kappa shape index (κ2) is 8.50. The quantitative estimate of drug-likeness (QED) is 0.523. The number of halogens is 3. The molecule has 0 aromatic heterocycles. The molecule has 3 rings (SSSR count). The highest BCUT2D eigenvalue weighted by Gasteiger charge is 2.30. The summed E-state index contributed by atoms with van der Waals surface area (Å²) >= 11 is 0. The van der Waals surface area contributed by atoms with E-state index in [-0.39, 0.29) is 17.4 Å². The van der Waals surface area contributed by atoms with Gasteiger partial charge in [0.15, 0.2) is 0 Å². The average molecular weight is 408 g/mol. The van der Waals surface area contributed by atoms with Crippen LogP contribution in [0.1, 0.15) is 24.0 Å². The molecule has 0 unspecified atom stereocenters. The molecule has 1 fully saturated rings. The van der Waals surface area contributed by atoms with Crippen molar-refractivity contribution in [3.8, 4) is 5.75 Å². The van der Waals surface area contributed by atoms with Crippen LogP contribution >= 0.6 is 0 Å². The van der Waals surface area contributed by atoms with E-state index in [9.17, 15) is 28.1 Å². The lowest BCUT2D eigenvalue weighted by Gasteiger charge is -2.31. The zero-order valence-electron chi connectivity index (χ0n) is 15.4. The van der Waals surface area contributed by atoms with Crippen molar-refractivity contribution >= 4 is 11.8 Å². The first-order chi connectivity index (χ1) is 13.7. The number of carbonyl (C=O) groups excluding carboxylic acids is 1. The third-order valence-corrected chi connectivity index (χ3v) is 4.93. The van der Waals surface area contributed by atoms with Gasteiger partial charge in [0, 0.05) is 25.2 Å². The largest absolute Gasteiger partial charge is 0.416 e. The molecule has 0 radical (unpaired) electrons. The van der Waals surface area contributed by atoms with Gasteiger partial charge < -0.3 is 9.64 Å². The minimum absolute atomic E-state index is 0.0890. The first-order valence-corrected chi connectivity index (χ1v) is 9.10. The maximum Gasteiger partial charge on any atom is 0.416 e. The summed E-state index contributed by atoms with van der Waals surface area (Å²) < 4.78 is 43.1. The normalized spacial score (nSPS) is 15.2. The molecule has 1 aliphatic heterocycles. The van der Waals surface area contributed by atoms with Gasteiger partial charge in [0.2, 0.25) is 0 Å². The Morgan fingerprint density at radius 3 is 2.17 bits per heavy atom. The van der Waals surface area contributed by atoms with Gasteiger partial charge in [-0.3, -0.25) is 10.1 Å². The van der Waals surface area contributed by atoms with Gasteiger partial charge in [0.25, 0.3) is 5.69 Å². The van der Waals surface area contributed by atoms with Gasteiger partial charge in [-0.1, -0.05) is 12.1 Å². The molecule has 0 aliphatic carbocycles. The zero-order chi connectivity index (χ0) is 21.0. The number of benzene rings is 2. The summed E-state index contributed by atoms with van der Waals surface area (Å²) in [5.41, 5.74) is 0.0869. The van der Waals surface area contributed by atoms with Crippen LogP contribution in [0.5, 0.6) is 5.75 Å². The number of hydrogen-bond donors (Lipinski definition) is 0. The van der Waals surface area contributed by atoms with Crippen molar-refractivity contribution in [3.63, 3.8) is 0 Å². The number of ether oxygens (including phenoxy) is 1. The number of rotatable bonds is 4. The van der Waals surface area contributed by atoms with Crippen LogP contribution in [0, 0.1) is 16.0 Å². The van der Waals surface area contributed by atoms with Crippen LogP contribution in [0.2, 0.25) is 0 Å². The second-order valence-corrected chi connectivity index (χ2v) is 6.95. The molecule has 1 saturated heterocycles. The third-order valence-electron chi connectivity index (χ3n) is 4.93. The fraction of sp³-hybridized carbons (Fsp3) is 0.350. The molecule has 29 heavy (non-hydrogen) atoms. The number of piperidine rings is 1. The fourth-order valence-corrected chi connectivity index (χ4v) is 3.28. The summed E-state index contributed by atoms with van der Waals surface area (Å²) in [7, 11) is 0. The number of nitrogens with zero attached hydrogens (tertiary/aromatic N) is 2. The van der Waals surface area contributed by atoms with Crippen molar-refractivity contribution in [1.82, 2.24) is 4.90 Å². The maximum atomic E-state index is 12.6. The lowest BCUT2D eigenvalue weighted by Crippen LogP contribution is -2.40. The van der Waals surface area contributed by atoms with Crippen LogP contribution in [0.3, 0.4) is 0 Å². The summed E-state index contributed by atoms with van der Waals surface area (Å²) in [6, 6.07) is 10.4. The van der Waals surface area contributed by atoms with E-state index in [1.54, 1.807) is 4.90 Å².